The number of benzene rings is 1. The van der Waals surface area contributed by atoms with Crippen LogP contribution in [0.5, 0.6) is 0 Å². The molecule has 0 aliphatic rings. The highest BCUT2D eigenvalue weighted by Gasteiger charge is 2.16. The largest absolute Gasteiger partial charge is 0.467 e. The summed E-state index contributed by atoms with van der Waals surface area (Å²) in [4.78, 5) is 22.8. The first kappa shape index (κ1) is 14.3. The van der Waals surface area contributed by atoms with Crippen molar-refractivity contribution in [3.63, 3.8) is 0 Å². The Hall–Kier alpha value is -1.75. The molecule has 0 fully saturated rings. The van der Waals surface area contributed by atoms with Gasteiger partial charge in [0, 0.05) is 10.7 Å². The third-order valence-electron chi connectivity index (χ3n) is 2.35. The van der Waals surface area contributed by atoms with Crippen molar-refractivity contribution in [3.8, 4) is 0 Å². The zero-order chi connectivity index (χ0) is 13.7. The van der Waals surface area contributed by atoms with Gasteiger partial charge in [0.25, 0.3) is 0 Å². The van der Waals surface area contributed by atoms with Gasteiger partial charge < -0.3 is 15.4 Å². The highest BCUT2D eigenvalue weighted by atomic mass is 35.5. The summed E-state index contributed by atoms with van der Waals surface area (Å²) in [5.41, 5.74) is 1.47. The predicted molar refractivity (Wildman–Crippen MR) is 69.8 cm³/mol. The molecule has 1 aromatic rings. The van der Waals surface area contributed by atoms with Gasteiger partial charge in [0.2, 0.25) is 0 Å². The molecule has 0 aliphatic heterocycles. The van der Waals surface area contributed by atoms with E-state index in [2.05, 4.69) is 15.4 Å². The van der Waals surface area contributed by atoms with Gasteiger partial charge in [-0.3, -0.25) is 0 Å². The third kappa shape index (κ3) is 3.92. The number of hydrogen-bond acceptors (Lipinski definition) is 3. The van der Waals surface area contributed by atoms with Crippen LogP contribution in [0.3, 0.4) is 0 Å². The van der Waals surface area contributed by atoms with E-state index in [9.17, 15) is 9.59 Å². The van der Waals surface area contributed by atoms with Crippen molar-refractivity contribution in [2.45, 2.75) is 19.9 Å². The number of carbonyl (C=O) groups excluding carboxylic acids is 2. The van der Waals surface area contributed by atoms with Crippen LogP contribution in [0.25, 0.3) is 0 Å². The fourth-order valence-corrected chi connectivity index (χ4v) is 1.49. The predicted octanol–water partition coefficient (Wildman–Crippen LogP) is 2.33. The molecule has 0 bridgehead atoms. The van der Waals surface area contributed by atoms with Crippen molar-refractivity contribution < 1.29 is 14.3 Å². The summed E-state index contributed by atoms with van der Waals surface area (Å²) in [6, 6.07) is 3.96. The Morgan fingerprint density at radius 2 is 2.06 bits per heavy atom. The molecule has 2 N–H and O–H groups in total. The first-order chi connectivity index (χ1) is 8.43. The van der Waals surface area contributed by atoms with E-state index in [0.717, 1.165) is 5.56 Å². The number of urea groups is 1. The Labute approximate surface area is 110 Å². The number of anilines is 1. The lowest BCUT2D eigenvalue weighted by Gasteiger charge is -2.13. The Morgan fingerprint density at radius 1 is 1.39 bits per heavy atom. The van der Waals surface area contributed by atoms with E-state index in [1.54, 1.807) is 18.2 Å². The van der Waals surface area contributed by atoms with Crippen LogP contribution in [0.15, 0.2) is 18.2 Å². The topological polar surface area (TPSA) is 67.4 Å². The Bertz CT molecular complexity index is 463. The lowest BCUT2D eigenvalue weighted by atomic mass is 10.2. The number of nitrogens with one attached hydrogen (secondary N) is 2. The molecule has 0 unspecified atom stereocenters. The Kier molecular flexibility index (Phi) is 4.97. The minimum atomic E-state index is -0.713. The molecule has 5 nitrogen and oxygen atoms in total. The number of carbonyl (C=O) groups is 2. The molecule has 1 rings (SSSR count). The van der Waals surface area contributed by atoms with E-state index in [4.69, 9.17) is 11.6 Å². The number of rotatable bonds is 3. The maximum Gasteiger partial charge on any atom is 0.328 e. The number of methoxy groups -OCH3 is 1. The minimum absolute atomic E-state index is 0.488. The molecule has 0 saturated heterocycles. The first-order valence-corrected chi connectivity index (χ1v) is 5.73. The molecule has 0 spiro atoms. The van der Waals surface area contributed by atoms with Crippen molar-refractivity contribution in [1.82, 2.24) is 5.32 Å². The lowest BCUT2D eigenvalue weighted by molar-refractivity contribution is -0.142. The molecule has 2 amide bonds. The van der Waals surface area contributed by atoms with Gasteiger partial charge in [0.15, 0.2) is 0 Å². The molecular formula is C12H15ClN2O3. The van der Waals surface area contributed by atoms with Gasteiger partial charge in [-0.2, -0.15) is 0 Å². The monoisotopic (exact) mass is 270 g/mol. The molecule has 1 aromatic carbocycles. The van der Waals surface area contributed by atoms with Crippen LogP contribution in [0.1, 0.15) is 12.5 Å². The number of amides is 2. The van der Waals surface area contributed by atoms with E-state index in [1.165, 1.54) is 14.0 Å². The average Bonchev–Trinajstić information content (AvgIpc) is 2.32. The van der Waals surface area contributed by atoms with Crippen LogP contribution in [0.2, 0.25) is 5.02 Å². The summed E-state index contributed by atoms with van der Waals surface area (Å²) >= 11 is 5.83. The average molecular weight is 271 g/mol. The molecule has 18 heavy (non-hydrogen) atoms. The fourth-order valence-electron chi connectivity index (χ4n) is 1.32. The molecule has 1 atom stereocenters. The maximum atomic E-state index is 11.6. The number of halogens is 1. The normalized spacial score (nSPS) is 11.6. The molecule has 6 heteroatoms. The number of aryl methyl sites for hydroxylation is 1. The van der Waals surface area contributed by atoms with Crippen LogP contribution in [0, 0.1) is 6.92 Å². The summed E-state index contributed by atoms with van der Waals surface area (Å²) in [6.45, 7) is 3.38. The van der Waals surface area contributed by atoms with Crippen LogP contribution in [-0.4, -0.2) is 25.2 Å². The molecule has 98 valence electrons. The number of ether oxygens (including phenoxy) is 1. The summed E-state index contributed by atoms with van der Waals surface area (Å²) in [7, 11) is 1.26. The van der Waals surface area contributed by atoms with E-state index in [1.807, 2.05) is 6.92 Å². The maximum absolute atomic E-state index is 11.6. The van der Waals surface area contributed by atoms with Crippen LogP contribution in [-0.2, 0) is 9.53 Å². The smallest absolute Gasteiger partial charge is 0.328 e. The van der Waals surface area contributed by atoms with Crippen LogP contribution < -0.4 is 10.6 Å². The van der Waals surface area contributed by atoms with Crippen molar-refractivity contribution in [2.24, 2.45) is 0 Å². The first-order valence-electron chi connectivity index (χ1n) is 5.35. The van der Waals surface area contributed by atoms with E-state index >= 15 is 0 Å². The van der Waals surface area contributed by atoms with Gasteiger partial charge in [-0.25, -0.2) is 9.59 Å². The third-order valence-corrected chi connectivity index (χ3v) is 2.59. The van der Waals surface area contributed by atoms with Crippen molar-refractivity contribution in [3.05, 3.63) is 28.8 Å². The second-order valence-electron chi connectivity index (χ2n) is 3.80. The molecular weight excluding hydrogens is 256 g/mol. The van der Waals surface area contributed by atoms with Gasteiger partial charge in [-0.15, -0.1) is 0 Å². The molecule has 0 radical (unpaired) electrons. The van der Waals surface area contributed by atoms with Gasteiger partial charge in [-0.1, -0.05) is 17.7 Å². The number of esters is 1. The van der Waals surface area contributed by atoms with Crippen molar-refractivity contribution in [2.75, 3.05) is 12.4 Å². The fraction of sp³-hybridized carbons (Fsp3) is 0.333. The van der Waals surface area contributed by atoms with Crippen LogP contribution in [0.4, 0.5) is 10.5 Å². The zero-order valence-corrected chi connectivity index (χ0v) is 11.2. The highest BCUT2D eigenvalue weighted by molar-refractivity contribution is 6.31. The van der Waals surface area contributed by atoms with Crippen LogP contribution >= 0.6 is 11.6 Å². The van der Waals surface area contributed by atoms with Gasteiger partial charge >= 0.3 is 12.0 Å². The molecule has 0 aromatic heterocycles. The molecule has 0 saturated carbocycles. The second-order valence-corrected chi connectivity index (χ2v) is 4.24. The standard InChI is InChI=1S/C12H15ClN2O3/c1-7-4-5-9(13)6-10(7)15-12(17)14-8(2)11(16)18-3/h4-6,8H,1-3H3,(H2,14,15,17)/t8-/m0/s1. The Balaban J connectivity index is 2.65. The van der Waals surface area contributed by atoms with Gasteiger partial charge in [-0.05, 0) is 31.5 Å². The highest BCUT2D eigenvalue weighted by Crippen LogP contribution is 2.19. The van der Waals surface area contributed by atoms with E-state index in [-0.39, 0.29) is 0 Å². The van der Waals surface area contributed by atoms with Gasteiger partial charge in [0.1, 0.15) is 6.04 Å². The Morgan fingerprint density at radius 3 is 2.67 bits per heavy atom. The summed E-state index contributed by atoms with van der Waals surface area (Å²) in [6.07, 6.45) is 0. The quantitative estimate of drug-likeness (QED) is 0.829. The zero-order valence-electron chi connectivity index (χ0n) is 10.4. The van der Waals surface area contributed by atoms with Crippen molar-refractivity contribution >= 4 is 29.3 Å². The van der Waals surface area contributed by atoms with Crippen molar-refractivity contribution in [1.29, 1.82) is 0 Å². The summed E-state index contributed by atoms with van der Waals surface area (Å²) in [5.74, 6) is -0.507. The lowest BCUT2D eigenvalue weighted by Crippen LogP contribution is -2.41. The molecule has 0 heterocycles. The van der Waals surface area contributed by atoms with Gasteiger partial charge in [0.05, 0.1) is 7.11 Å². The SMILES string of the molecule is COC(=O)[C@H](C)NC(=O)Nc1cc(Cl)ccc1C. The summed E-state index contributed by atoms with van der Waals surface area (Å²) in [5, 5.41) is 5.60. The summed E-state index contributed by atoms with van der Waals surface area (Å²) < 4.78 is 4.50. The minimum Gasteiger partial charge on any atom is -0.467 e. The molecule has 0 aliphatic carbocycles. The second kappa shape index (κ2) is 6.26. The number of hydrogen-bond donors (Lipinski definition) is 2. The van der Waals surface area contributed by atoms with E-state index < -0.39 is 18.0 Å². The van der Waals surface area contributed by atoms with E-state index in [0.29, 0.717) is 10.7 Å².